The highest BCUT2D eigenvalue weighted by Gasteiger charge is 2.31. The van der Waals surface area contributed by atoms with Crippen LogP contribution in [0.1, 0.15) is 68.4 Å². The fourth-order valence-corrected chi connectivity index (χ4v) is 4.28. The largest absolute Gasteiger partial charge is 0.481 e. The van der Waals surface area contributed by atoms with Gasteiger partial charge in [0.15, 0.2) is 0 Å². The zero-order valence-corrected chi connectivity index (χ0v) is 17.3. The minimum Gasteiger partial charge on any atom is -0.481 e. The third kappa shape index (κ3) is 7.46. The summed E-state index contributed by atoms with van der Waals surface area (Å²) in [5.74, 6) is -0.595. The Kier molecular flexibility index (Phi) is 10.3. The molecular weight excluding hydrogens is 376 g/mol. The Balaban J connectivity index is 0.000000193. The Morgan fingerprint density at radius 1 is 0.833 bits per heavy atom. The number of carbonyl (C=O) groups is 1. The fourth-order valence-electron chi connectivity index (χ4n) is 4.28. The van der Waals surface area contributed by atoms with E-state index in [0.29, 0.717) is 0 Å². The molecule has 0 saturated heterocycles. The summed E-state index contributed by atoms with van der Waals surface area (Å²) in [6.07, 6.45) is 12.0. The van der Waals surface area contributed by atoms with E-state index >= 15 is 0 Å². The van der Waals surface area contributed by atoms with E-state index in [1.54, 1.807) is 5.57 Å². The van der Waals surface area contributed by atoms with E-state index in [2.05, 4.69) is 36.4 Å². The molecule has 0 radical (unpaired) electrons. The molecule has 0 aliphatic heterocycles. The lowest BCUT2D eigenvalue weighted by atomic mass is 9.75. The molecule has 0 aromatic heterocycles. The summed E-state index contributed by atoms with van der Waals surface area (Å²) in [6, 6.07) is 20.8. The second kappa shape index (κ2) is 13.3. The number of hydrogen-bond acceptors (Lipinski definition) is 3. The average Bonchev–Trinajstić information content (AvgIpc) is 2.82. The molecule has 30 heavy (non-hydrogen) atoms. The molecular formula is C26H30O4. The van der Waals surface area contributed by atoms with Crippen LogP contribution in [0, 0.1) is 5.92 Å². The van der Waals surface area contributed by atoms with Gasteiger partial charge in [0.1, 0.15) is 0 Å². The SMILES string of the molecule is C1=C(c2ccccc2)CCCC1.O=C(O)[C@@H]1CCCC[C@@H]1c1ccccc1.O=C=O. The molecule has 2 aromatic carbocycles. The van der Waals surface area contributed by atoms with Crippen molar-refractivity contribution >= 4 is 17.7 Å². The second-order valence-electron chi connectivity index (χ2n) is 7.67. The van der Waals surface area contributed by atoms with Crippen LogP contribution in [0.25, 0.3) is 5.57 Å². The highest BCUT2D eigenvalue weighted by molar-refractivity contribution is 5.71. The highest BCUT2D eigenvalue weighted by Crippen LogP contribution is 2.37. The van der Waals surface area contributed by atoms with Gasteiger partial charge < -0.3 is 5.11 Å². The normalized spacial score (nSPS) is 20.2. The molecule has 4 rings (SSSR count). The molecule has 1 saturated carbocycles. The van der Waals surface area contributed by atoms with Gasteiger partial charge in [0.05, 0.1) is 5.92 Å². The van der Waals surface area contributed by atoms with Crippen LogP contribution in [0.2, 0.25) is 0 Å². The Morgan fingerprint density at radius 3 is 2.00 bits per heavy atom. The molecule has 4 heteroatoms. The van der Waals surface area contributed by atoms with Gasteiger partial charge in [0.25, 0.3) is 0 Å². The van der Waals surface area contributed by atoms with Crippen LogP contribution in [0.3, 0.4) is 0 Å². The van der Waals surface area contributed by atoms with Crippen molar-refractivity contribution in [3.05, 3.63) is 77.9 Å². The van der Waals surface area contributed by atoms with Crippen LogP contribution in [0.15, 0.2) is 66.7 Å². The van der Waals surface area contributed by atoms with Crippen LogP contribution in [-0.2, 0) is 14.4 Å². The van der Waals surface area contributed by atoms with Crippen LogP contribution in [0.4, 0.5) is 0 Å². The van der Waals surface area contributed by atoms with Crippen LogP contribution < -0.4 is 0 Å². The molecule has 0 unspecified atom stereocenters. The molecule has 0 heterocycles. The third-order valence-corrected chi connectivity index (χ3v) is 5.75. The van der Waals surface area contributed by atoms with Crippen molar-refractivity contribution in [3.63, 3.8) is 0 Å². The third-order valence-electron chi connectivity index (χ3n) is 5.75. The van der Waals surface area contributed by atoms with Crippen molar-refractivity contribution in [2.24, 2.45) is 5.92 Å². The fraction of sp³-hybridized carbons (Fsp3) is 0.385. The number of aliphatic carboxylic acids is 1. The van der Waals surface area contributed by atoms with Gasteiger partial charge in [0.2, 0.25) is 0 Å². The van der Waals surface area contributed by atoms with Crippen LogP contribution >= 0.6 is 0 Å². The first-order chi connectivity index (χ1) is 14.7. The lowest BCUT2D eigenvalue weighted by Crippen LogP contribution is -2.25. The van der Waals surface area contributed by atoms with E-state index < -0.39 is 5.97 Å². The molecule has 0 amide bonds. The maximum atomic E-state index is 11.1. The Labute approximate surface area is 178 Å². The highest BCUT2D eigenvalue weighted by atomic mass is 16.4. The number of allylic oxidation sites excluding steroid dienone is 2. The average molecular weight is 407 g/mol. The van der Waals surface area contributed by atoms with Gasteiger partial charge in [-0.05, 0) is 61.1 Å². The van der Waals surface area contributed by atoms with Crippen molar-refractivity contribution in [2.45, 2.75) is 57.3 Å². The van der Waals surface area contributed by atoms with E-state index in [4.69, 9.17) is 14.7 Å². The van der Waals surface area contributed by atoms with Crippen molar-refractivity contribution < 1.29 is 19.5 Å². The van der Waals surface area contributed by atoms with Crippen molar-refractivity contribution in [3.8, 4) is 0 Å². The molecule has 2 aliphatic carbocycles. The van der Waals surface area contributed by atoms with Crippen molar-refractivity contribution in [2.75, 3.05) is 0 Å². The van der Waals surface area contributed by atoms with Gasteiger partial charge in [-0.25, -0.2) is 0 Å². The maximum absolute atomic E-state index is 11.1. The molecule has 2 atom stereocenters. The summed E-state index contributed by atoms with van der Waals surface area (Å²) in [5, 5.41) is 9.17. The van der Waals surface area contributed by atoms with E-state index in [1.165, 1.54) is 36.8 Å². The molecule has 4 nitrogen and oxygen atoms in total. The zero-order chi connectivity index (χ0) is 21.6. The van der Waals surface area contributed by atoms with E-state index in [1.807, 2.05) is 30.3 Å². The van der Waals surface area contributed by atoms with Gasteiger partial charge in [-0.1, -0.05) is 79.6 Å². The quantitative estimate of drug-likeness (QED) is 0.668. The van der Waals surface area contributed by atoms with E-state index in [9.17, 15) is 4.79 Å². The summed E-state index contributed by atoms with van der Waals surface area (Å²) in [4.78, 5) is 27.4. The van der Waals surface area contributed by atoms with Crippen LogP contribution in [-0.4, -0.2) is 17.2 Å². The van der Waals surface area contributed by atoms with Crippen molar-refractivity contribution in [1.29, 1.82) is 0 Å². The van der Waals surface area contributed by atoms with E-state index in [-0.39, 0.29) is 18.0 Å². The predicted molar refractivity (Wildman–Crippen MR) is 117 cm³/mol. The zero-order valence-electron chi connectivity index (χ0n) is 17.3. The first kappa shape index (κ1) is 23.3. The number of carbonyl (C=O) groups excluding carboxylic acids is 2. The molecule has 1 fully saturated rings. The lowest BCUT2D eigenvalue weighted by molar-refractivity contribution is -0.191. The predicted octanol–water partition coefficient (Wildman–Crippen LogP) is 6.11. The minimum atomic E-state index is -0.636. The summed E-state index contributed by atoms with van der Waals surface area (Å²) < 4.78 is 0. The second-order valence-corrected chi connectivity index (χ2v) is 7.67. The minimum absolute atomic E-state index is 0.179. The van der Waals surface area contributed by atoms with Gasteiger partial charge in [0, 0.05) is 0 Å². The summed E-state index contributed by atoms with van der Waals surface area (Å²) >= 11 is 0. The Morgan fingerprint density at radius 2 is 1.43 bits per heavy atom. The van der Waals surface area contributed by atoms with Gasteiger partial charge in [-0.15, -0.1) is 0 Å². The van der Waals surface area contributed by atoms with Gasteiger partial charge in [-0.2, -0.15) is 9.59 Å². The topological polar surface area (TPSA) is 71.4 Å². The number of rotatable bonds is 3. The molecule has 1 N–H and O–H groups in total. The first-order valence-corrected chi connectivity index (χ1v) is 10.7. The number of carboxylic acids is 1. The monoisotopic (exact) mass is 406 g/mol. The Bertz CT molecular complexity index is 821. The van der Waals surface area contributed by atoms with Crippen LogP contribution in [0.5, 0.6) is 0 Å². The maximum Gasteiger partial charge on any atom is 0.373 e. The Hall–Kier alpha value is -2.97. The standard InChI is InChI=1S/C13H16O2.C12H14.CO2/c14-13(15)12-9-5-4-8-11(12)10-6-2-1-3-7-10;1-3-7-11(8-4-1)12-9-5-2-6-10-12;2-1-3/h1-3,6-7,11-12H,4-5,8-9H2,(H,14,15);1,3-4,7-9H,2,5-6,10H2;/t11-,12-;;/m1../s1. The molecule has 2 aromatic rings. The van der Waals surface area contributed by atoms with Crippen molar-refractivity contribution in [1.82, 2.24) is 0 Å². The van der Waals surface area contributed by atoms with Gasteiger partial charge >= 0.3 is 12.1 Å². The molecule has 0 spiro atoms. The lowest BCUT2D eigenvalue weighted by Gasteiger charge is -2.28. The van der Waals surface area contributed by atoms with Gasteiger partial charge in [-0.3, -0.25) is 4.79 Å². The molecule has 158 valence electrons. The first-order valence-electron chi connectivity index (χ1n) is 10.7. The smallest absolute Gasteiger partial charge is 0.373 e. The summed E-state index contributed by atoms with van der Waals surface area (Å²) in [7, 11) is 0. The number of carboxylic acid groups (broad SMARTS) is 1. The molecule has 0 bridgehead atoms. The summed E-state index contributed by atoms with van der Waals surface area (Å²) in [6.45, 7) is 0. The number of hydrogen-bond donors (Lipinski definition) is 1. The summed E-state index contributed by atoms with van der Waals surface area (Å²) in [5.41, 5.74) is 4.14. The number of benzene rings is 2. The molecule has 2 aliphatic rings. The van der Waals surface area contributed by atoms with E-state index in [0.717, 1.165) is 25.7 Å².